The largest absolute Gasteiger partial charge is 0.462 e. The normalized spacial score (nSPS) is 17.0. The number of carbonyl (C=O) groups is 2. The van der Waals surface area contributed by atoms with Crippen molar-refractivity contribution < 1.29 is 14.3 Å². The van der Waals surface area contributed by atoms with Gasteiger partial charge in [0.1, 0.15) is 0 Å². The Bertz CT molecular complexity index is 648. The maximum absolute atomic E-state index is 12.1. The molecule has 1 amide bonds. The molecule has 1 aliphatic carbocycles. The van der Waals surface area contributed by atoms with Crippen LogP contribution < -0.4 is 15.8 Å². The number of ether oxygens (including phenoxy) is 1. The molecule has 6 heteroatoms. The Labute approximate surface area is 141 Å². The van der Waals surface area contributed by atoms with E-state index in [1.165, 1.54) is 18.3 Å². The molecule has 2 rings (SSSR count). The Kier molecular flexibility index (Phi) is 6.26. The van der Waals surface area contributed by atoms with Crippen LogP contribution in [0.4, 0.5) is 0 Å². The van der Waals surface area contributed by atoms with E-state index in [2.05, 4.69) is 24.1 Å². The minimum absolute atomic E-state index is 0.126. The van der Waals surface area contributed by atoms with Gasteiger partial charge in [-0.05, 0) is 42.7 Å². The van der Waals surface area contributed by atoms with Crippen molar-refractivity contribution in [2.24, 2.45) is 11.7 Å². The number of rotatable bonds is 8. The van der Waals surface area contributed by atoms with E-state index in [1.807, 2.05) is 6.08 Å². The Morgan fingerprint density at radius 1 is 1.42 bits per heavy atom. The minimum atomic E-state index is -0.698. The zero-order valence-electron chi connectivity index (χ0n) is 14.0. The lowest BCUT2D eigenvalue weighted by Gasteiger charge is -2.17. The van der Waals surface area contributed by atoms with Crippen LogP contribution in [0.3, 0.4) is 0 Å². The van der Waals surface area contributed by atoms with Crippen molar-refractivity contribution in [3.63, 3.8) is 0 Å². The average molecular weight is 329 g/mol. The number of nitrogens with two attached hydrogens (primary N) is 1. The summed E-state index contributed by atoms with van der Waals surface area (Å²) < 4.78 is 5.54. The molecule has 0 saturated heterocycles. The van der Waals surface area contributed by atoms with E-state index < -0.39 is 12.0 Å². The molecular formula is C18H23N3O3. The lowest BCUT2D eigenvalue weighted by Crippen LogP contribution is -2.28. The molecular weight excluding hydrogens is 306 g/mol. The van der Waals surface area contributed by atoms with Gasteiger partial charge in [-0.1, -0.05) is 19.9 Å². The number of nitrogens with zero attached hydrogens (tertiary/aromatic N) is 1. The third kappa shape index (κ3) is 5.31. The van der Waals surface area contributed by atoms with Gasteiger partial charge in [0.25, 0.3) is 0 Å². The number of hydrogen-bond acceptors (Lipinski definition) is 5. The number of ketones is 1. The van der Waals surface area contributed by atoms with Gasteiger partial charge in [0.15, 0.2) is 6.10 Å². The second-order valence-electron chi connectivity index (χ2n) is 6.13. The summed E-state index contributed by atoms with van der Waals surface area (Å²) in [6, 6.07) is 3.04. The fourth-order valence-electron chi connectivity index (χ4n) is 2.18. The smallest absolute Gasteiger partial charge is 0.250 e. The van der Waals surface area contributed by atoms with E-state index in [1.54, 1.807) is 12.2 Å². The lowest BCUT2D eigenvalue weighted by molar-refractivity contribution is -0.119. The van der Waals surface area contributed by atoms with Crippen LogP contribution in [-0.2, 0) is 4.79 Å². The third-order valence-corrected chi connectivity index (χ3v) is 3.59. The van der Waals surface area contributed by atoms with Crippen molar-refractivity contribution in [3.05, 3.63) is 47.7 Å². The first-order valence-corrected chi connectivity index (χ1v) is 8.01. The predicted molar refractivity (Wildman–Crippen MR) is 91.7 cm³/mol. The maximum atomic E-state index is 12.1. The van der Waals surface area contributed by atoms with Gasteiger partial charge in [0.05, 0.1) is 5.56 Å². The summed E-state index contributed by atoms with van der Waals surface area (Å²) in [5.74, 6) is 0.246. The topological polar surface area (TPSA) is 94.3 Å². The van der Waals surface area contributed by atoms with E-state index in [4.69, 9.17) is 10.5 Å². The molecule has 1 unspecified atom stereocenters. The number of primary amides is 1. The summed E-state index contributed by atoms with van der Waals surface area (Å²) in [5, 5.41) is 3.32. The van der Waals surface area contributed by atoms with Crippen LogP contribution in [0.25, 0.3) is 0 Å². The number of amides is 1. The number of nitrogens with one attached hydrogen (secondary N) is 1. The van der Waals surface area contributed by atoms with Crippen LogP contribution in [0.5, 0.6) is 5.88 Å². The van der Waals surface area contributed by atoms with Crippen LogP contribution in [0, 0.1) is 5.92 Å². The van der Waals surface area contributed by atoms with Gasteiger partial charge in [-0.2, -0.15) is 0 Å². The molecule has 128 valence electrons. The Hall–Kier alpha value is -2.47. The molecule has 1 atom stereocenters. The molecule has 3 N–H and O–H groups in total. The Balaban J connectivity index is 1.85. The molecule has 0 bridgehead atoms. The number of hydrogen-bond donors (Lipinski definition) is 2. The van der Waals surface area contributed by atoms with E-state index in [-0.39, 0.29) is 11.7 Å². The maximum Gasteiger partial charge on any atom is 0.250 e. The summed E-state index contributed by atoms with van der Waals surface area (Å²) in [6.07, 6.45) is 6.91. The summed E-state index contributed by atoms with van der Waals surface area (Å²) in [6.45, 7) is 5.94. The summed E-state index contributed by atoms with van der Waals surface area (Å²) in [7, 11) is 0. The average Bonchev–Trinajstić information content (AvgIpc) is 2.54. The van der Waals surface area contributed by atoms with Crippen LogP contribution >= 0.6 is 0 Å². The lowest BCUT2D eigenvalue weighted by atomic mass is 10.0. The van der Waals surface area contributed by atoms with Gasteiger partial charge in [0.2, 0.25) is 17.6 Å². The van der Waals surface area contributed by atoms with E-state index in [0.29, 0.717) is 18.0 Å². The molecule has 0 saturated carbocycles. The molecule has 0 radical (unpaired) electrons. The Morgan fingerprint density at radius 2 is 2.21 bits per heavy atom. The molecule has 1 aromatic heterocycles. The number of aromatic nitrogens is 1. The fourth-order valence-corrected chi connectivity index (χ4v) is 2.18. The SMILES string of the molecule is CC(C)CCNCC1=CC(=O)C(Oc2ccc(C(N)=O)cn2)C=C1. The van der Waals surface area contributed by atoms with Gasteiger partial charge >= 0.3 is 0 Å². The quantitative estimate of drug-likeness (QED) is 0.707. The van der Waals surface area contributed by atoms with Crippen LogP contribution in [0.1, 0.15) is 30.6 Å². The molecule has 1 heterocycles. The minimum Gasteiger partial charge on any atom is -0.462 e. The second-order valence-corrected chi connectivity index (χ2v) is 6.13. The highest BCUT2D eigenvalue weighted by atomic mass is 16.5. The first kappa shape index (κ1) is 17.9. The van der Waals surface area contributed by atoms with Crippen molar-refractivity contribution in [1.82, 2.24) is 10.3 Å². The van der Waals surface area contributed by atoms with Crippen LogP contribution in [0.2, 0.25) is 0 Å². The van der Waals surface area contributed by atoms with E-state index in [0.717, 1.165) is 18.5 Å². The molecule has 6 nitrogen and oxygen atoms in total. The highest BCUT2D eigenvalue weighted by molar-refractivity contribution is 5.97. The van der Waals surface area contributed by atoms with Crippen molar-refractivity contribution in [1.29, 1.82) is 0 Å². The third-order valence-electron chi connectivity index (χ3n) is 3.59. The highest BCUT2D eigenvalue weighted by Gasteiger charge is 2.20. The van der Waals surface area contributed by atoms with Gasteiger partial charge < -0.3 is 15.8 Å². The summed E-state index contributed by atoms with van der Waals surface area (Å²) in [5.41, 5.74) is 6.38. The summed E-state index contributed by atoms with van der Waals surface area (Å²) in [4.78, 5) is 27.1. The van der Waals surface area contributed by atoms with E-state index >= 15 is 0 Å². The molecule has 24 heavy (non-hydrogen) atoms. The molecule has 0 aliphatic heterocycles. The molecule has 0 spiro atoms. The van der Waals surface area contributed by atoms with Crippen molar-refractivity contribution >= 4 is 11.7 Å². The highest BCUT2D eigenvalue weighted by Crippen LogP contribution is 2.15. The zero-order valence-corrected chi connectivity index (χ0v) is 14.0. The van der Waals surface area contributed by atoms with Gasteiger partial charge in [-0.25, -0.2) is 4.98 Å². The zero-order chi connectivity index (χ0) is 17.5. The second kappa shape index (κ2) is 8.40. The van der Waals surface area contributed by atoms with Crippen LogP contribution in [0.15, 0.2) is 42.1 Å². The first-order valence-electron chi connectivity index (χ1n) is 8.01. The van der Waals surface area contributed by atoms with Gasteiger partial charge in [-0.3, -0.25) is 9.59 Å². The summed E-state index contributed by atoms with van der Waals surface area (Å²) >= 11 is 0. The predicted octanol–water partition coefficient (Wildman–Crippen LogP) is 1.63. The fraction of sp³-hybridized carbons (Fsp3) is 0.389. The molecule has 0 aromatic carbocycles. The standard InChI is InChI=1S/C18H23N3O3/c1-12(2)7-8-20-10-13-3-5-16(15(22)9-13)24-17-6-4-14(11-21-17)18(19)23/h3-6,9,11-12,16,20H,7-8,10H2,1-2H3,(H2,19,23). The molecule has 0 fully saturated rings. The first-order chi connectivity index (χ1) is 11.5. The van der Waals surface area contributed by atoms with Crippen molar-refractivity contribution in [2.45, 2.75) is 26.4 Å². The monoisotopic (exact) mass is 329 g/mol. The number of carbonyl (C=O) groups excluding carboxylic acids is 2. The Morgan fingerprint density at radius 3 is 2.79 bits per heavy atom. The van der Waals surface area contributed by atoms with E-state index in [9.17, 15) is 9.59 Å². The molecule has 1 aliphatic rings. The van der Waals surface area contributed by atoms with Crippen molar-refractivity contribution in [2.75, 3.05) is 13.1 Å². The molecule has 1 aromatic rings. The van der Waals surface area contributed by atoms with Gasteiger partial charge in [0, 0.05) is 18.8 Å². The van der Waals surface area contributed by atoms with Crippen molar-refractivity contribution in [3.8, 4) is 5.88 Å². The number of pyridine rings is 1. The van der Waals surface area contributed by atoms with Crippen LogP contribution in [-0.4, -0.2) is 35.9 Å². The van der Waals surface area contributed by atoms with Gasteiger partial charge in [-0.15, -0.1) is 0 Å².